The number of halogens is 2. The quantitative estimate of drug-likeness (QED) is 0.395. The summed E-state index contributed by atoms with van der Waals surface area (Å²) in [6.07, 6.45) is 2.06. The molecule has 0 aromatic carbocycles. The highest BCUT2D eigenvalue weighted by Gasteiger charge is 2.26. The summed E-state index contributed by atoms with van der Waals surface area (Å²) < 4.78 is 0. The van der Waals surface area contributed by atoms with E-state index in [2.05, 4.69) is 13.5 Å². The van der Waals surface area contributed by atoms with Gasteiger partial charge in [-0.25, -0.2) is 0 Å². The molecule has 1 aliphatic carbocycles. The maximum absolute atomic E-state index is 5.97. The van der Waals surface area contributed by atoms with Crippen molar-refractivity contribution in [1.82, 2.24) is 0 Å². The fraction of sp³-hybridized carbons (Fsp3) is 0.750. The van der Waals surface area contributed by atoms with Gasteiger partial charge < -0.3 is 0 Å². The third kappa shape index (κ3) is 1.67. The largest absolute Gasteiger partial charge is 0.118 e. The van der Waals surface area contributed by atoms with Gasteiger partial charge in [-0.3, -0.25) is 0 Å². The highest BCUT2D eigenvalue weighted by Crippen LogP contribution is 2.34. The third-order valence-electron chi connectivity index (χ3n) is 2.02. The zero-order valence-electron chi connectivity index (χ0n) is 6.11. The monoisotopic (exact) mass is 178 g/mol. The Balaban J connectivity index is 2.57. The molecule has 0 N–H and O–H groups in total. The molecule has 2 heteroatoms. The maximum atomic E-state index is 5.97. The van der Waals surface area contributed by atoms with E-state index >= 15 is 0 Å². The summed E-state index contributed by atoms with van der Waals surface area (Å²) in [6, 6.07) is 0. The highest BCUT2D eigenvalue weighted by molar-refractivity contribution is 6.27. The first-order chi connectivity index (χ1) is 4.61. The van der Waals surface area contributed by atoms with Gasteiger partial charge in [-0.05, 0) is 24.3 Å². The van der Waals surface area contributed by atoms with Crippen molar-refractivity contribution in [2.45, 2.75) is 30.5 Å². The zero-order valence-corrected chi connectivity index (χ0v) is 7.62. The van der Waals surface area contributed by atoms with Crippen molar-refractivity contribution in [3.05, 3.63) is 12.2 Å². The van der Waals surface area contributed by atoms with Gasteiger partial charge in [0.05, 0.1) is 10.8 Å². The lowest BCUT2D eigenvalue weighted by molar-refractivity contribution is 0.453. The molecule has 0 saturated heterocycles. The average molecular weight is 179 g/mol. The number of alkyl halides is 2. The molecular weight excluding hydrogens is 167 g/mol. The fourth-order valence-electron chi connectivity index (χ4n) is 1.30. The van der Waals surface area contributed by atoms with Gasteiger partial charge in [0.2, 0.25) is 0 Å². The molecule has 58 valence electrons. The van der Waals surface area contributed by atoms with Crippen LogP contribution in [0.15, 0.2) is 12.2 Å². The van der Waals surface area contributed by atoms with E-state index < -0.39 is 0 Å². The zero-order chi connectivity index (χ0) is 7.72. The molecule has 0 bridgehead atoms. The Bertz CT molecular complexity index is 128. The second-order valence-electron chi connectivity index (χ2n) is 3.09. The van der Waals surface area contributed by atoms with Crippen LogP contribution < -0.4 is 0 Å². The van der Waals surface area contributed by atoms with E-state index in [0.29, 0.717) is 5.92 Å². The lowest BCUT2D eigenvalue weighted by Crippen LogP contribution is -2.24. The van der Waals surface area contributed by atoms with Crippen LogP contribution in [0.1, 0.15) is 19.8 Å². The molecule has 0 radical (unpaired) electrons. The van der Waals surface area contributed by atoms with Crippen molar-refractivity contribution in [2.75, 3.05) is 0 Å². The van der Waals surface area contributed by atoms with Gasteiger partial charge >= 0.3 is 0 Å². The Hall–Kier alpha value is 0.320. The number of hydrogen-bond acceptors (Lipinski definition) is 0. The second kappa shape index (κ2) is 3.15. The van der Waals surface area contributed by atoms with Crippen LogP contribution in [0.4, 0.5) is 0 Å². The van der Waals surface area contributed by atoms with Crippen LogP contribution in [0.3, 0.4) is 0 Å². The van der Waals surface area contributed by atoms with E-state index in [1.807, 2.05) is 0 Å². The van der Waals surface area contributed by atoms with Gasteiger partial charge in [-0.15, -0.1) is 23.2 Å². The van der Waals surface area contributed by atoms with Crippen molar-refractivity contribution in [3.8, 4) is 0 Å². The maximum Gasteiger partial charge on any atom is 0.0559 e. The standard InChI is InChI=1S/C8H12Cl2/c1-5-3-7(9)6(2)8(10)4-5/h5,7-8H,2-4H2,1H3. The minimum absolute atomic E-state index is 0.103. The summed E-state index contributed by atoms with van der Waals surface area (Å²) in [5.74, 6) is 0.649. The van der Waals surface area contributed by atoms with Crippen LogP contribution in [-0.4, -0.2) is 10.8 Å². The average Bonchev–Trinajstić information content (AvgIpc) is 1.82. The van der Waals surface area contributed by atoms with Gasteiger partial charge in [-0.1, -0.05) is 13.5 Å². The van der Waals surface area contributed by atoms with Crippen LogP contribution in [0.2, 0.25) is 0 Å². The molecular formula is C8H12Cl2. The Labute approximate surface area is 72.2 Å². The molecule has 0 aliphatic heterocycles. The molecule has 10 heavy (non-hydrogen) atoms. The van der Waals surface area contributed by atoms with Crippen LogP contribution in [0.25, 0.3) is 0 Å². The van der Waals surface area contributed by atoms with Crippen molar-refractivity contribution in [3.63, 3.8) is 0 Å². The number of allylic oxidation sites excluding steroid dienone is 1. The number of hydrogen-bond donors (Lipinski definition) is 0. The predicted octanol–water partition coefficient (Wildman–Crippen LogP) is 3.19. The Morgan fingerprint density at radius 2 is 1.70 bits per heavy atom. The summed E-state index contributed by atoms with van der Waals surface area (Å²) in [4.78, 5) is 0. The fourth-order valence-corrected chi connectivity index (χ4v) is 2.28. The van der Waals surface area contributed by atoms with Gasteiger partial charge in [0.1, 0.15) is 0 Å². The molecule has 0 aromatic rings. The smallest absolute Gasteiger partial charge is 0.0559 e. The third-order valence-corrected chi connectivity index (χ3v) is 2.94. The van der Waals surface area contributed by atoms with Crippen molar-refractivity contribution >= 4 is 23.2 Å². The Morgan fingerprint density at radius 1 is 1.30 bits per heavy atom. The molecule has 0 heterocycles. The topological polar surface area (TPSA) is 0 Å². The van der Waals surface area contributed by atoms with E-state index in [1.165, 1.54) is 0 Å². The summed E-state index contributed by atoms with van der Waals surface area (Å²) in [5, 5.41) is 0.206. The Morgan fingerprint density at radius 3 is 2.10 bits per heavy atom. The second-order valence-corrected chi connectivity index (χ2v) is 4.14. The molecule has 0 aromatic heterocycles. The normalized spacial score (nSPS) is 41.9. The molecule has 1 saturated carbocycles. The number of rotatable bonds is 0. The summed E-state index contributed by atoms with van der Waals surface area (Å²) in [6.45, 7) is 6.02. The van der Waals surface area contributed by atoms with E-state index in [0.717, 1.165) is 18.4 Å². The molecule has 0 spiro atoms. The first kappa shape index (κ1) is 8.42. The molecule has 1 rings (SSSR count). The lowest BCUT2D eigenvalue weighted by Gasteiger charge is -2.28. The van der Waals surface area contributed by atoms with Gasteiger partial charge in [0.15, 0.2) is 0 Å². The lowest BCUT2D eigenvalue weighted by atomic mass is 9.87. The van der Waals surface area contributed by atoms with Crippen molar-refractivity contribution in [2.24, 2.45) is 5.92 Å². The SMILES string of the molecule is C=C1C(Cl)CC(C)CC1Cl. The highest BCUT2D eigenvalue weighted by atomic mass is 35.5. The minimum atomic E-state index is 0.103. The van der Waals surface area contributed by atoms with E-state index in [-0.39, 0.29) is 10.8 Å². The van der Waals surface area contributed by atoms with Gasteiger partial charge in [0, 0.05) is 0 Å². The minimum Gasteiger partial charge on any atom is -0.118 e. The summed E-state index contributed by atoms with van der Waals surface area (Å²) in [7, 11) is 0. The molecule has 0 amide bonds. The summed E-state index contributed by atoms with van der Waals surface area (Å²) >= 11 is 11.9. The van der Waals surface area contributed by atoms with Crippen molar-refractivity contribution in [1.29, 1.82) is 0 Å². The first-order valence-electron chi connectivity index (χ1n) is 3.58. The van der Waals surface area contributed by atoms with Crippen LogP contribution >= 0.6 is 23.2 Å². The van der Waals surface area contributed by atoms with Crippen LogP contribution in [0, 0.1) is 5.92 Å². The van der Waals surface area contributed by atoms with Crippen molar-refractivity contribution < 1.29 is 0 Å². The summed E-state index contributed by atoms with van der Waals surface area (Å²) in [5.41, 5.74) is 1.00. The first-order valence-corrected chi connectivity index (χ1v) is 4.45. The predicted molar refractivity (Wildman–Crippen MR) is 46.8 cm³/mol. The molecule has 2 atom stereocenters. The van der Waals surface area contributed by atoms with Gasteiger partial charge in [0.25, 0.3) is 0 Å². The van der Waals surface area contributed by atoms with E-state index in [1.54, 1.807) is 0 Å². The molecule has 2 unspecified atom stereocenters. The molecule has 1 aliphatic rings. The van der Waals surface area contributed by atoms with Crippen LogP contribution in [0.5, 0.6) is 0 Å². The molecule has 1 fully saturated rings. The Kier molecular flexibility index (Phi) is 2.65. The molecule has 0 nitrogen and oxygen atoms in total. The van der Waals surface area contributed by atoms with Crippen LogP contribution in [-0.2, 0) is 0 Å². The van der Waals surface area contributed by atoms with Gasteiger partial charge in [-0.2, -0.15) is 0 Å². The van der Waals surface area contributed by atoms with E-state index in [9.17, 15) is 0 Å². The van der Waals surface area contributed by atoms with E-state index in [4.69, 9.17) is 23.2 Å².